The molecule has 0 aliphatic carbocycles. The van der Waals surface area contributed by atoms with Crippen LogP contribution in [0.15, 0.2) is 57.6 Å². The highest BCUT2D eigenvalue weighted by Crippen LogP contribution is 2.27. The van der Waals surface area contributed by atoms with Gasteiger partial charge in [-0.2, -0.15) is 0 Å². The van der Waals surface area contributed by atoms with Crippen LogP contribution >= 0.6 is 27.5 Å². The van der Waals surface area contributed by atoms with Crippen molar-refractivity contribution in [3.63, 3.8) is 0 Å². The lowest BCUT2D eigenvalue weighted by Crippen LogP contribution is -2.06. The van der Waals surface area contributed by atoms with Crippen molar-refractivity contribution in [2.45, 2.75) is 0 Å². The number of nitrogens with zero attached hydrogens (tertiary/aromatic N) is 2. The van der Waals surface area contributed by atoms with Crippen LogP contribution in [0.3, 0.4) is 0 Å². The minimum atomic E-state index is -0.623. The molecule has 1 aliphatic rings. The fourth-order valence-electron chi connectivity index (χ4n) is 2.07. The van der Waals surface area contributed by atoms with E-state index in [2.05, 4.69) is 20.9 Å². The van der Waals surface area contributed by atoms with E-state index in [0.29, 0.717) is 5.56 Å². The third-order valence-electron chi connectivity index (χ3n) is 3.16. The third kappa shape index (κ3) is 3.37. The molecule has 0 spiro atoms. The lowest BCUT2D eigenvalue weighted by molar-refractivity contribution is -0.384. The summed E-state index contributed by atoms with van der Waals surface area (Å²) in [5.74, 6) is -0.622. The fourth-order valence-corrected chi connectivity index (χ4v) is 2.68. The molecule has 6 nitrogen and oxygen atoms in total. The second-order valence-electron chi connectivity index (χ2n) is 4.81. The molecule has 2 aromatic carbocycles. The number of hydrogen-bond acceptors (Lipinski definition) is 5. The number of carbonyl (C=O) groups excluding carboxylic acids is 1. The Morgan fingerprint density at radius 1 is 1.25 bits per heavy atom. The van der Waals surface area contributed by atoms with Crippen LogP contribution in [0.2, 0.25) is 5.02 Å². The first kappa shape index (κ1) is 16.4. The molecular weight excluding hydrogens is 400 g/mol. The van der Waals surface area contributed by atoms with Crippen LogP contribution in [0.4, 0.5) is 5.69 Å². The van der Waals surface area contributed by atoms with Crippen molar-refractivity contribution in [1.82, 2.24) is 0 Å². The number of rotatable bonds is 3. The second kappa shape index (κ2) is 6.54. The number of nitro benzene ring substituents is 1. The first-order chi connectivity index (χ1) is 11.4. The maximum atomic E-state index is 12.0. The van der Waals surface area contributed by atoms with Crippen LogP contribution < -0.4 is 0 Å². The van der Waals surface area contributed by atoms with Gasteiger partial charge in [-0.05, 0) is 35.9 Å². The van der Waals surface area contributed by atoms with E-state index in [4.69, 9.17) is 16.3 Å². The zero-order valence-corrected chi connectivity index (χ0v) is 14.2. The van der Waals surface area contributed by atoms with E-state index >= 15 is 0 Å². The van der Waals surface area contributed by atoms with E-state index in [1.54, 1.807) is 6.08 Å². The highest BCUT2D eigenvalue weighted by atomic mass is 79.9. The second-order valence-corrected chi connectivity index (χ2v) is 6.14. The minimum absolute atomic E-state index is 0.000938. The molecular formula is C16H8BrClN2O4. The average Bonchev–Trinajstić information content (AvgIpc) is 2.88. The van der Waals surface area contributed by atoms with Crippen molar-refractivity contribution in [2.24, 2.45) is 4.99 Å². The standard InChI is InChI=1S/C16H8BrClN2O4/c17-11-3-1-2-9(6-11)7-13-16(21)24-15(19-13)10-4-5-12(18)14(8-10)20(22)23/h1-8H/b13-7-. The molecule has 0 aromatic heterocycles. The Bertz CT molecular complexity index is 924. The molecule has 2 aromatic rings. The summed E-state index contributed by atoms with van der Waals surface area (Å²) < 4.78 is 5.96. The lowest BCUT2D eigenvalue weighted by atomic mass is 10.2. The Balaban J connectivity index is 1.98. The predicted molar refractivity (Wildman–Crippen MR) is 92.9 cm³/mol. The molecule has 0 unspecified atom stereocenters. The molecule has 1 heterocycles. The quantitative estimate of drug-likeness (QED) is 0.328. The molecule has 0 fully saturated rings. The molecule has 1 aliphatic heterocycles. The molecule has 0 saturated carbocycles. The predicted octanol–water partition coefficient (Wildman–Crippen LogP) is 4.36. The van der Waals surface area contributed by atoms with E-state index in [1.807, 2.05) is 24.3 Å². The zero-order valence-electron chi connectivity index (χ0n) is 11.9. The molecule has 0 bridgehead atoms. The first-order valence-corrected chi connectivity index (χ1v) is 7.83. The van der Waals surface area contributed by atoms with Gasteiger partial charge in [-0.25, -0.2) is 9.79 Å². The van der Waals surface area contributed by atoms with E-state index in [0.717, 1.165) is 10.0 Å². The minimum Gasteiger partial charge on any atom is -0.402 e. The highest BCUT2D eigenvalue weighted by Gasteiger charge is 2.26. The first-order valence-electron chi connectivity index (χ1n) is 6.66. The molecule has 0 amide bonds. The van der Waals surface area contributed by atoms with Gasteiger partial charge in [0.2, 0.25) is 5.90 Å². The summed E-state index contributed by atoms with van der Waals surface area (Å²) in [6.45, 7) is 0. The van der Waals surface area contributed by atoms with Gasteiger partial charge in [-0.3, -0.25) is 10.1 Å². The maximum Gasteiger partial charge on any atom is 0.363 e. The van der Waals surface area contributed by atoms with Gasteiger partial charge in [0.1, 0.15) is 5.02 Å². The number of benzene rings is 2. The molecule has 0 saturated heterocycles. The van der Waals surface area contributed by atoms with Crippen molar-refractivity contribution in [1.29, 1.82) is 0 Å². The third-order valence-corrected chi connectivity index (χ3v) is 3.98. The number of ether oxygens (including phenoxy) is 1. The smallest absolute Gasteiger partial charge is 0.363 e. The van der Waals surface area contributed by atoms with Gasteiger partial charge in [-0.15, -0.1) is 0 Å². The number of halogens is 2. The lowest BCUT2D eigenvalue weighted by Gasteiger charge is -2.00. The number of cyclic esters (lactones) is 1. The fraction of sp³-hybridized carbons (Fsp3) is 0. The number of nitro groups is 1. The molecule has 24 heavy (non-hydrogen) atoms. The van der Waals surface area contributed by atoms with Crippen LogP contribution in [0.25, 0.3) is 6.08 Å². The highest BCUT2D eigenvalue weighted by molar-refractivity contribution is 9.10. The summed E-state index contributed by atoms with van der Waals surface area (Å²) in [6, 6.07) is 11.4. The van der Waals surface area contributed by atoms with Gasteiger partial charge in [-0.1, -0.05) is 39.7 Å². The zero-order chi connectivity index (χ0) is 17.3. The average molecular weight is 408 g/mol. The van der Waals surface area contributed by atoms with Crippen LogP contribution in [-0.4, -0.2) is 16.8 Å². The number of aliphatic imine (C=N–C) groups is 1. The van der Waals surface area contributed by atoms with Gasteiger partial charge in [0.25, 0.3) is 5.69 Å². The number of esters is 1. The van der Waals surface area contributed by atoms with Crippen molar-refractivity contribution in [3.05, 3.63) is 78.9 Å². The largest absolute Gasteiger partial charge is 0.402 e. The van der Waals surface area contributed by atoms with Gasteiger partial charge in [0.15, 0.2) is 5.70 Å². The maximum absolute atomic E-state index is 12.0. The van der Waals surface area contributed by atoms with Gasteiger partial charge >= 0.3 is 5.97 Å². The van der Waals surface area contributed by atoms with Crippen LogP contribution in [-0.2, 0) is 9.53 Å². The molecule has 0 atom stereocenters. The Morgan fingerprint density at radius 3 is 2.75 bits per heavy atom. The summed E-state index contributed by atoms with van der Waals surface area (Å²) in [5.41, 5.74) is 0.901. The molecule has 3 rings (SSSR count). The van der Waals surface area contributed by atoms with Crippen LogP contribution in [0, 0.1) is 10.1 Å². The van der Waals surface area contributed by atoms with E-state index in [1.165, 1.54) is 18.2 Å². The Kier molecular flexibility index (Phi) is 4.46. The summed E-state index contributed by atoms with van der Waals surface area (Å²) >= 11 is 9.12. The van der Waals surface area contributed by atoms with Gasteiger partial charge in [0, 0.05) is 16.1 Å². The van der Waals surface area contributed by atoms with Crippen molar-refractivity contribution < 1.29 is 14.5 Å². The van der Waals surface area contributed by atoms with E-state index < -0.39 is 10.9 Å². The summed E-state index contributed by atoms with van der Waals surface area (Å²) in [6.07, 6.45) is 1.57. The number of carbonyl (C=O) groups is 1. The molecule has 120 valence electrons. The molecule has 0 radical (unpaired) electrons. The van der Waals surface area contributed by atoms with Crippen molar-refractivity contribution in [3.8, 4) is 0 Å². The van der Waals surface area contributed by atoms with Crippen molar-refractivity contribution >= 4 is 51.2 Å². The number of hydrogen-bond donors (Lipinski definition) is 0. The topological polar surface area (TPSA) is 81.8 Å². The Labute approximate surface area is 149 Å². The Hall–Kier alpha value is -2.51. The summed E-state index contributed by atoms with van der Waals surface area (Å²) in [5, 5.41) is 10.9. The monoisotopic (exact) mass is 406 g/mol. The van der Waals surface area contributed by atoms with Gasteiger partial charge in [0.05, 0.1) is 4.92 Å². The van der Waals surface area contributed by atoms with Crippen molar-refractivity contribution in [2.75, 3.05) is 0 Å². The van der Waals surface area contributed by atoms with Crippen LogP contribution in [0.5, 0.6) is 0 Å². The summed E-state index contributed by atoms with van der Waals surface area (Å²) in [4.78, 5) is 26.4. The molecule has 0 N–H and O–H groups in total. The summed E-state index contributed by atoms with van der Waals surface area (Å²) in [7, 11) is 0. The van der Waals surface area contributed by atoms with E-state index in [9.17, 15) is 14.9 Å². The van der Waals surface area contributed by atoms with Gasteiger partial charge < -0.3 is 4.74 Å². The SMILES string of the molecule is O=C1OC(c2ccc(Cl)c([N+](=O)[O-])c2)=N/C1=C\c1cccc(Br)c1. The van der Waals surface area contributed by atoms with E-state index in [-0.39, 0.29) is 22.3 Å². The van der Waals surface area contributed by atoms with Crippen LogP contribution in [0.1, 0.15) is 11.1 Å². The molecule has 8 heteroatoms. The Morgan fingerprint density at radius 2 is 2.04 bits per heavy atom. The normalized spacial score (nSPS) is 15.3.